The van der Waals surface area contributed by atoms with Gasteiger partial charge in [-0.1, -0.05) is 13.8 Å². The van der Waals surface area contributed by atoms with E-state index in [1.54, 1.807) is 0 Å². The fourth-order valence-corrected chi connectivity index (χ4v) is 1.57. The maximum absolute atomic E-state index is 9.46. The van der Waals surface area contributed by atoms with Crippen LogP contribution in [-0.2, 0) is 4.74 Å². The number of rotatable bonds is 2. The summed E-state index contributed by atoms with van der Waals surface area (Å²) in [6.07, 6.45) is -2.01. The van der Waals surface area contributed by atoms with E-state index in [4.69, 9.17) is 9.84 Å². The molecule has 1 rings (SSSR count). The van der Waals surface area contributed by atoms with E-state index in [0.29, 0.717) is 6.42 Å². The molecule has 4 heteroatoms. The molecular formula is C9H18O4. The molecule has 78 valence electrons. The van der Waals surface area contributed by atoms with Crippen molar-refractivity contribution in [1.82, 2.24) is 0 Å². The molecule has 1 heterocycles. The molecule has 1 aliphatic rings. The SMILES string of the molecule is CC(C)C1CC(O)[C@@H](O)C(CO)O1. The van der Waals surface area contributed by atoms with E-state index in [1.807, 2.05) is 13.8 Å². The molecule has 0 aromatic carbocycles. The lowest BCUT2D eigenvalue weighted by atomic mass is 9.92. The van der Waals surface area contributed by atoms with Crippen molar-refractivity contribution in [3.05, 3.63) is 0 Å². The normalized spacial score (nSPS) is 41.1. The van der Waals surface area contributed by atoms with Gasteiger partial charge in [-0.3, -0.25) is 0 Å². The van der Waals surface area contributed by atoms with Crippen LogP contribution in [0.5, 0.6) is 0 Å². The molecule has 0 aromatic heterocycles. The van der Waals surface area contributed by atoms with Gasteiger partial charge in [0.25, 0.3) is 0 Å². The summed E-state index contributed by atoms with van der Waals surface area (Å²) in [5.74, 6) is 0.288. The van der Waals surface area contributed by atoms with Gasteiger partial charge in [0.05, 0.1) is 18.8 Å². The van der Waals surface area contributed by atoms with Gasteiger partial charge in [-0.2, -0.15) is 0 Å². The Morgan fingerprint density at radius 3 is 2.46 bits per heavy atom. The molecular weight excluding hydrogens is 172 g/mol. The van der Waals surface area contributed by atoms with Crippen molar-refractivity contribution < 1.29 is 20.1 Å². The molecule has 0 saturated carbocycles. The molecule has 0 radical (unpaired) electrons. The summed E-state index contributed by atoms with van der Waals surface area (Å²) in [6.45, 7) is 3.73. The molecule has 1 fully saturated rings. The molecule has 0 bridgehead atoms. The smallest absolute Gasteiger partial charge is 0.109 e. The predicted molar refractivity (Wildman–Crippen MR) is 47.2 cm³/mol. The maximum atomic E-state index is 9.46. The Hall–Kier alpha value is -0.160. The molecule has 13 heavy (non-hydrogen) atoms. The highest BCUT2D eigenvalue weighted by Gasteiger charge is 2.37. The summed E-state index contributed by atoms with van der Waals surface area (Å²) in [7, 11) is 0. The van der Waals surface area contributed by atoms with Crippen molar-refractivity contribution in [3.63, 3.8) is 0 Å². The first-order valence-electron chi connectivity index (χ1n) is 4.68. The highest BCUT2D eigenvalue weighted by atomic mass is 16.5. The molecule has 0 spiro atoms. The van der Waals surface area contributed by atoms with Gasteiger partial charge in [-0.05, 0) is 5.92 Å². The third-order valence-electron chi connectivity index (χ3n) is 2.52. The Balaban J connectivity index is 2.58. The van der Waals surface area contributed by atoms with E-state index in [1.165, 1.54) is 0 Å². The Kier molecular flexibility index (Phi) is 3.67. The van der Waals surface area contributed by atoms with E-state index in [9.17, 15) is 10.2 Å². The third kappa shape index (κ3) is 2.40. The lowest BCUT2D eigenvalue weighted by Gasteiger charge is -2.38. The van der Waals surface area contributed by atoms with Crippen LogP contribution in [0.4, 0.5) is 0 Å². The van der Waals surface area contributed by atoms with E-state index in [0.717, 1.165) is 0 Å². The summed E-state index contributed by atoms with van der Waals surface area (Å²) in [5, 5.41) is 27.7. The Morgan fingerprint density at radius 1 is 1.38 bits per heavy atom. The monoisotopic (exact) mass is 190 g/mol. The third-order valence-corrected chi connectivity index (χ3v) is 2.52. The summed E-state index contributed by atoms with van der Waals surface area (Å²) < 4.78 is 5.42. The van der Waals surface area contributed by atoms with Crippen molar-refractivity contribution in [1.29, 1.82) is 0 Å². The van der Waals surface area contributed by atoms with Gasteiger partial charge in [0.1, 0.15) is 12.2 Å². The van der Waals surface area contributed by atoms with Crippen molar-refractivity contribution in [3.8, 4) is 0 Å². The van der Waals surface area contributed by atoms with Crippen LogP contribution in [0.15, 0.2) is 0 Å². The molecule has 0 aliphatic carbocycles. The Morgan fingerprint density at radius 2 is 2.00 bits per heavy atom. The van der Waals surface area contributed by atoms with Crippen LogP contribution in [-0.4, -0.2) is 46.3 Å². The van der Waals surface area contributed by atoms with Gasteiger partial charge in [-0.15, -0.1) is 0 Å². The lowest BCUT2D eigenvalue weighted by Crippen LogP contribution is -2.51. The number of hydrogen-bond acceptors (Lipinski definition) is 4. The first-order valence-corrected chi connectivity index (χ1v) is 4.68. The molecule has 4 atom stereocenters. The second-order valence-electron chi connectivity index (χ2n) is 3.93. The summed E-state index contributed by atoms with van der Waals surface area (Å²) >= 11 is 0. The highest BCUT2D eigenvalue weighted by Crippen LogP contribution is 2.24. The first kappa shape index (κ1) is 10.9. The second kappa shape index (κ2) is 4.37. The van der Waals surface area contributed by atoms with Crippen LogP contribution in [0.3, 0.4) is 0 Å². The summed E-state index contributed by atoms with van der Waals surface area (Å²) in [5.41, 5.74) is 0. The van der Waals surface area contributed by atoms with E-state index in [2.05, 4.69) is 0 Å². The minimum absolute atomic E-state index is 0.0736. The zero-order valence-corrected chi connectivity index (χ0v) is 8.05. The van der Waals surface area contributed by atoms with Crippen LogP contribution in [0.1, 0.15) is 20.3 Å². The van der Waals surface area contributed by atoms with Crippen LogP contribution in [0, 0.1) is 5.92 Å². The molecule has 4 nitrogen and oxygen atoms in total. The molecule has 1 saturated heterocycles. The van der Waals surface area contributed by atoms with Crippen LogP contribution in [0.2, 0.25) is 0 Å². The second-order valence-corrected chi connectivity index (χ2v) is 3.93. The lowest BCUT2D eigenvalue weighted by molar-refractivity contribution is -0.189. The molecule has 3 N–H and O–H groups in total. The number of aliphatic hydroxyl groups is 3. The molecule has 3 unspecified atom stereocenters. The zero-order valence-electron chi connectivity index (χ0n) is 8.05. The van der Waals surface area contributed by atoms with Crippen LogP contribution < -0.4 is 0 Å². The van der Waals surface area contributed by atoms with Gasteiger partial charge >= 0.3 is 0 Å². The van der Waals surface area contributed by atoms with Crippen LogP contribution in [0.25, 0.3) is 0 Å². The van der Waals surface area contributed by atoms with Gasteiger partial charge in [0, 0.05) is 6.42 Å². The number of hydrogen-bond donors (Lipinski definition) is 3. The predicted octanol–water partition coefficient (Wildman–Crippen LogP) is -0.486. The molecule has 0 amide bonds. The Labute approximate surface area is 78.1 Å². The number of aliphatic hydroxyl groups excluding tert-OH is 3. The van der Waals surface area contributed by atoms with Crippen molar-refractivity contribution in [2.45, 2.75) is 44.7 Å². The van der Waals surface area contributed by atoms with Gasteiger partial charge in [0.2, 0.25) is 0 Å². The minimum atomic E-state index is -0.958. The van der Waals surface area contributed by atoms with Crippen molar-refractivity contribution in [2.24, 2.45) is 5.92 Å². The quantitative estimate of drug-likeness (QED) is 0.550. The fourth-order valence-electron chi connectivity index (χ4n) is 1.57. The highest BCUT2D eigenvalue weighted by molar-refractivity contribution is 4.85. The van der Waals surface area contributed by atoms with E-state index >= 15 is 0 Å². The van der Waals surface area contributed by atoms with Crippen molar-refractivity contribution >= 4 is 0 Å². The standard InChI is InChI=1S/C9H18O4/c1-5(2)7-3-6(11)9(12)8(4-10)13-7/h5-12H,3-4H2,1-2H3/t6?,7?,8?,9-/m1/s1. The van der Waals surface area contributed by atoms with E-state index < -0.39 is 18.3 Å². The van der Waals surface area contributed by atoms with Gasteiger partial charge in [0.15, 0.2) is 0 Å². The average molecular weight is 190 g/mol. The maximum Gasteiger partial charge on any atom is 0.109 e. The largest absolute Gasteiger partial charge is 0.394 e. The van der Waals surface area contributed by atoms with E-state index in [-0.39, 0.29) is 18.6 Å². The summed E-state index contributed by atoms with van der Waals surface area (Å²) in [4.78, 5) is 0. The fraction of sp³-hybridized carbons (Fsp3) is 1.00. The molecule has 0 aromatic rings. The topological polar surface area (TPSA) is 69.9 Å². The van der Waals surface area contributed by atoms with Crippen LogP contribution >= 0.6 is 0 Å². The molecule has 1 aliphatic heterocycles. The van der Waals surface area contributed by atoms with Gasteiger partial charge < -0.3 is 20.1 Å². The summed E-state index contributed by atoms with van der Waals surface area (Å²) in [6, 6.07) is 0. The van der Waals surface area contributed by atoms with Gasteiger partial charge in [-0.25, -0.2) is 0 Å². The Bertz CT molecular complexity index is 160. The average Bonchev–Trinajstić information content (AvgIpc) is 2.09. The minimum Gasteiger partial charge on any atom is -0.394 e. The zero-order chi connectivity index (χ0) is 10.0. The first-order chi connectivity index (χ1) is 6.06. The van der Waals surface area contributed by atoms with Crippen molar-refractivity contribution in [2.75, 3.05) is 6.61 Å². The number of ether oxygens (including phenoxy) is 1.